The summed E-state index contributed by atoms with van der Waals surface area (Å²) in [7, 11) is 0. The number of aliphatic carboxylic acids is 1. The number of ether oxygens (including phenoxy) is 2. The molecule has 1 aromatic heterocycles. The van der Waals surface area contributed by atoms with E-state index in [0.29, 0.717) is 0 Å². The number of fused-ring (bicyclic) bond motifs is 1. The maximum Gasteiger partial charge on any atom is 0.371 e. The number of hydrogen-bond donors (Lipinski definition) is 7. The topological polar surface area (TPSA) is 207 Å². The Morgan fingerprint density at radius 2 is 1.70 bits per heavy atom. The Kier molecular flexibility index (Phi) is 5.24. The minimum absolute atomic E-state index is 0.0259. The average molecular weight is 460 g/mol. The highest BCUT2D eigenvalue weighted by Crippen LogP contribution is 2.38. The molecule has 0 saturated carbocycles. The number of rotatable bonds is 4. The zero-order valence-electron chi connectivity index (χ0n) is 16.4. The van der Waals surface area contributed by atoms with Gasteiger partial charge in [-0.05, 0) is 24.3 Å². The molecule has 172 valence electrons. The standard InChI is InChI=1S/C21H16O12/c22-9-2-1-7(3-10(9)23)19-18(28)17(27)15-11(24)4-8(5-13(15)32-19)31-21-16(26)12(25)6-14(33-21)20(29)30/h1-6,12,16,21-26,28H,(H,29,30). The Morgan fingerprint density at radius 1 is 0.970 bits per heavy atom. The monoisotopic (exact) mass is 460 g/mol. The van der Waals surface area contributed by atoms with E-state index in [-0.39, 0.29) is 22.7 Å². The molecule has 0 aliphatic carbocycles. The Bertz CT molecular complexity index is 1360. The van der Waals surface area contributed by atoms with Gasteiger partial charge in [0, 0.05) is 17.7 Å². The summed E-state index contributed by atoms with van der Waals surface area (Å²) in [6.45, 7) is 0. The maximum absolute atomic E-state index is 12.6. The van der Waals surface area contributed by atoms with Crippen molar-refractivity contribution >= 4 is 16.9 Å². The zero-order valence-corrected chi connectivity index (χ0v) is 16.4. The van der Waals surface area contributed by atoms with E-state index in [0.717, 1.165) is 30.3 Å². The lowest BCUT2D eigenvalue weighted by Gasteiger charge is -2.30. The molecule has 33 heavy (non-hydrogen) atoms. The molecule has 0 radical (unpaired) electrons. The first-order valence-electron chi connectivity index (χ1n) is 9.26. The summed E-state index contributed by atoms with van der Waals surface area (Å²) in [6, 6.07) is 5.43. The molecule has 0 fully saturated rings. The molecule has 12 heteroatoms. The second kappa shape index (κ2) is 7.93. The Morgan fingerprint density at radius 3 is 2.36 bits per heavy atom. The molecule has 3 atom stereocenters. The minimum Gasteiger partial charge on any atom is -0.507 e. The summed E-state index contributed by atoms with van der Waals surface area (Å²) in [5, 5.41) is 68.2. The van der Waals surface area contributed by atoms with Crippen molar-refractivity contribution in [2.45, 2.75) is 18.5 Å². The summed E-state index contributed by atoms with van der Waals surface area (Å²) in [4.78, 5) is 23.7. The van der Waals surface area contributed by atoms with E-state index in [1.165, 1.54) is 6.07 Å². The van der Waals surface area contributed by atoms with Crippen molar-refractivity contribution in [1.29, 1.82) is 0 Å². The van der Waals surface area contributed by atoms with Crippen molar-refractivity contribution in [3.05, 3.63) is 52.4 Å². The summed E-state index contributed by atoms with van der Waals surface area (Å²) in [5.74, 6) is -5.35. The fraction of sp³-hybridized carbons (Fsp3) is 0.143. The maximum atomic E-state index is 12.6. The van der Waals surface area contributed by atoms with Crippen LogP contribution in [0.25, 0.3) is 22.3 Å². The van der Waals surface area contributed by atoms with Crippen LogP contribution in [0, 0.1) is 0 Å². The third-order valence-corrected chi connectivity index (χ3v) is 4.82. The fourth-order valence-electron chi connectivity index (χ4n) is 3.19. The van der Waals surface area contributed by atoms with Crippen LogP contribution in [0.15, 0.2) is 51.4 Å². The van der Waals surface area contributed by atoms with Gasteiger partial charge in [-0.1, -0.05) is 0 Å². The van der Waals surface area contributed by atoms with Gasteiger partial charge in [0.2, 0.25) is 16.9 Å². The zero-order chi connectivity index (χ0) is 24.0. The Balaban J connectivity index is 1.78. The van der Waals surface area contributed by atoms with Crippen LogP contribution >= 0.6 is 0 Å². The van der Waals surface area contributed by atoms with E-state index in [1.54, 1.807) is 0 Å². The van der Waals surface area contributed by atoms with E-state index in [9.17, 15) is 40.2 Å². The lowest BCUT2D eigenvalue weighted by molar-refractivity contribution is -0.172. The van der Waals surface area contributed by atoms with Crippen LogP contribution < -0.4 is 10.2 Å². The molecule has 0 saturated heterocycles. The highest BCUT2D eigenvalue weighted by Gasteiger charge is 2.36. The van der Waals surface area contributed by atoms with E-state index >= 15 is 0 Å². The van der Waals surface area contributed by atoms with Gasteiger partial charge in [-0.3, -0.25) is 4.79 Å². The molecule has 0 amide bonds. The molecule has 0 bridgehead atoms. The normalized spacial score (nSPS) is 20.2. The van der Waals surface area contributed by atoms with Crippen LogP contribution in [0.4, 0.5) is 0 Å². The molecule has 2 heterocycles. The van der Waals surface area contributed by atoms with Crippen molar-refractivity contribution in [2.24, 2.45) is 0 Å². The number of phenols is 3. The molecule has 4 rings (SSSR count). The summed E-state index contributed by atoms with van der Waals surface area (Å²) in [5.41, 5.74) is -1.27. The first kappa shape index (κ1) is 21.8. The predicted molar refractivity (Wildman–Crippen MR) is 108 cm³/mol. The first-order chi connectivity index (χ1) is 15.6. The number of aliphatic hydroxyl groups is 2. The highest BCUT2D eigenvalue weighted by atomic mass is 16.7. The number of hydrogen-bond acceptors (Lipinski definition) is 11. The van der Waals surface area contributed by atoms with Crippen LogP contribution in [-0.2, 0) is 9.53 Å². The molecule has 1 aliphatic rings. The van der Waals surface area contributed by atoms with Crippen LogP contribution in [0.5, 0.6) is 28.7 Å². The molecule has 1 aliphatic heterocycles. The van der Waals surface area contributed by atoms with E-state index in [1.807, 2.05) is 0 Å². The lowest BCUT2D eigenvalue weighted by Crippen LogP contribution is -2.45. The highest BCUT2D eigenvalue weighted by molar-refractivity contribution is 5.88. The van der Waals surface area contributed by atoms with E-state index in [2.05, 4.69) is 0 Å². The van der Waals surface area contributed by atoms with Crippen molar-refractivity contribution in [1.82, 2.24) is 0 Å². The summed E-state index contributed by atoms with van der Waals surface area (Å²) in [6.07, 6.45) is -4.21. The number of phenolic OH excluding ortho intramolecular Hbond substituents is 3. The smallest absolute Gasteiger partial charge is 0.371 e. The molecule has 12 nitrogen and oxygen atoms in total. The van der Waals surface area contributed by atoms with Crippen molar-refractivity contribution in [3.63, 3.8) is 0 Å². The van der Waals surface area contributed by atoms with Gasteiger partial charge in [0.1, 0.15) is 28.6 Å². The van der Waals surface area contributed by atoms with Crippen molar-refractivity contribution in [2.75, 3.05) is 0 Å². The number of benzene rings is 2. The van der Waals surface area contributed by atoms with Crippen LogP contribution in [0.2, 0.25) is 0 Å². The second-order valence-electron chi connectivity index (χ2n) is 7.05. The molecular formula is C21H16O12. The third-order valence-electron chi connectivity index (χ3n) is 4.82. The van der Waals surface area contributed by atoms with Gasteiger partial charge in [-0.25, -0.2) is 4.79 Å². The molecule has 2 aromatic carbocycles. The summed E-state index contributed by atoms with van der Waals surface area (Å²) >= 11 is 0. The number of carbonyl (C=O) groups is 1. The Hall–Kier alpha value is -4.42. The average Bonchev–Trinajstić information content (AvgIpc) is 2.75. The van der Waals surface area contributed by atoms with Crippen LogP contribution in [0.1, 0.15) is 0 Å². The number of aliphatic hydroxyl groups excluding tert-OH is 2. The molecular weight excluding hydrogens is 444 g/mol. The van der Waals surface area contributed by atoms with Gasteiger partial charge in [0.25, 0.3) is 6.29 Å². The first-order valence-corrected chi connectivity index (χ1v) is 9.26. The van der Waals surface area contributed by atoms with Gasteiger partial charge < -0.3 is 49.6 Å². The molecule has 7 N–H and O–H groups in total. The quantitative estimate of drug-likeness (QED) is 0.269. The number of carboxylic acid groups (broad SMARTS) is 1. The van der Waals surface area contributed by atoms with E-state index in [4.69, 9.17) is 19.0 Å². The van der Waals surface area contributed by atoms with Crippen LogP contribution in [-0.4, -0.2) is 60.2 Å². The lowest BCUT2D eigenvalue weighted by atomic mass is 10.1. The minimum atomic E-state index is -1.69. The van der Waals surface area contributed by atoms with Gasteiger partial charge >= 0.3 is 5.97 Å². The molecule has 0 spiro atoms. The Labute approximate surface area is 183 Å². The molecule has 3 aromatic rings. The van der Waals surface area contributed by atoms with Gasteiger partial charge in [0.15, 0.2) is 23.4 Å². The van der Waals surface area contributed by atoms with Crippen molar-refractivity contribution in [3.8, 4) is 40.1 Å². The number of aromatic hydroxyl groups is 4. The SMILES string of the molecule is O=C(O)C1=CC(O)C(O)C(Oc2cc(O)c3c(=O)c(O)c(-c4ccc(O)c(O)c4)oc3c2)O1. The second-order valence-corrected chi connectivity index (χ2v) is 7.05. The van der Waals surface area contributed by atoms with Crippen LogP contribution in [0.3, 0.4) is 0 Å². The van der Waals surface area contributed by atoms with Crippen molar-refractivity contribution < 1.29 is 54.4 Å². The van der Waals surface area contributed by atoms with Gasteiger partial charge in [-0.2, -0.15) is 0 Å². The third kappa shape index (κ3) is 3.84. The molecule has 3 unspecified atom stereocenters. The van der Waals surface area contributed by atoms with Gasteiger partial charge in [0.05, 0.1) is 0 Å². The largest absolute Gasteiger partial charge is 0.507 e. The predicted octanol–water partition coefficient (Wildman–Crippen LogP) is 0.708. The number of carboxylic acids is 1. The van der Waals surface area contributed by atoms with E-state index < -0.39 is 64.0 Å². The fourth-order valence-corrected chi connectivity index (χ4v) is 3.19. The summed E-state index contributed by atoms with van der Waals surface area (Å²) < 4.78 is 15.9. The van der Waals surface area contributed by atoms with Gasteiger partial charge in [-0.15, -0.1) is 0 Å².